The number of aliphatic hydroxyl groups is 2. The molecule has 0 unspecified atom stereocenters. The normalized spacial score (nSPS) is 12.7. The second-order valence-electron chi connectivity index (χ2n) is 7.99. The molecule has 0 saturated carbocycles. The van der Waals surface area contributed by atoms with Gasteiger partial charge in [-0.05, 0) is 23.9 Å². The zero-order chi connectivity index (χ0) is 25.5. The Bertz CT molecular complexity index is 1200. The fourth-order valence-electron chi connectivity index (χ4n) is 3.59. The van der Waals surface area contributed by atoms with Crippen LogP contribution in [-0.2, 0) is 6.54 Å². The topological polar surface area (TPSA) is 126 Å². The number of rotatable bonds is 9. The molecule has 2 aromatic carbocycles. The summed E-state index contributed by atoms with van der Waals surface area (Å²) in [5, 5.41) is 33.2. The van der Waals surface area contributed by atoms with Gasteiger partial charge in [0.25, 0.3) is 0 Å². The Morgan fingerprint density at radius 3 is 2.51 bits per heavy atom. The van der Waals surface area contributed by atoms with Gasteiger partial charge in [-0.1, -0.05) is 36.4 Å². The number of aliphatic hydroxyl groups excluding tert-OH is 2. The molecule has 1 heterocycles. The number of hydrogen-bond acceptors (Lipinski definition) is 5. The number of pyridine rings is 1. The van der Waals surface area contributed by atoms with Gasteiger partial charge in [0.2, 0.25) is 0 Å². The quantitative estimate of drug-likeness (QED) is 0.367. The molecule has 11 heteroatoms. The number of benzene rings is 2. The molecule has 0 aliphatic heterocycles. The van der Waals surface area contributed by atoms with E-state index in [1.165, 1.54) is 25.4 Å². The first-order valence-electron chi connectivity index (χ1n) is 10.8. The van der Waals surface area contributed by atoms with Crippen molar-refractivity contribution >= 4 is 28.7 Å². The average molecular weight is 488 g/mol. The van der Waals surface area contributed by atoms with Crippen molar-refractivity contribution in [2.75, 3.05) is 25.1 Å². The summed E-state index contributed by atoms with van der Waals surface area (Å²) in [4.78, 5) is 31.1. The SMILES string of the molecule is CN(C(=O)NCc1cccc(F)c1F)[C@@H](C[C@@H](O)CO)CN(C(=O)O)c1cc2ccccc2cn1. The van der Waals surface area contributed by atoms with Crippen LogP contribution in [0.5, 0.6) is 0 Å². The number of fused-ring (bicyclic) bond motifs is 1. The van der Waals surface area contributed by atoms with E-state index in [0.29, 0.717) is 0 Å². The van der Waals surface area contributed by atoms with Gasteiger partial charge in [-0.3, -0.25) is 4.90 Å². The molecule has 4 N–H and O–H groups in total. The minimum absolute atomic E-state index is 0.0637. The number of likely N-dealkylation sites (N-methyl/N-ethyl adjacent to an activating group) is 1. The molecule has 0 saturated heterocycles. The number of halogens is 2. The fourth-order valence-corrected chi connectivity index (χ4v) is 3.59. The molecule has 3 aromatic rings. The second kappa shape index (κ2) is 11.5. The van der Waals surface area contributed by atoms with Crippen molar-refractivity contribution in [2.45, 2.75) is 25.1 Å². The van der Waals surface area contributed by atoms with Crippen LogP contribution >= 0.6 is 0 Å². The molecule has 186 valence electrons. The number of urea groups is 1. The van der Waals surface area contributed by atoms with Crippen LogP contribution < -0.4 is 10.2 Å². The molecule has 3 rings (SSSR count). The van der Waals surface area contributed by atoms with E-state index in [9.17, 15) is 33.7 Å². The first-order chi connectivity index (χ1) is 16.7. The highest BCUT2D eigenvalue weighted by Gasteiger charge is 2.28. The minimum Gasteiger partial charge on any atom is -0.465 e. The van der Waals surface area contributed by atoms with Crippen LogP contribution in [0, 0.1) is 11.6 Å². The monoisotopic (exact) mass is 488 g/mol. The molecule has 0 aliphatic rings. The molecule has 1 aromatic heterocycles. The Labute approximate surface area is 200 Å². The lowest BCUT2D eigenvalue weighted by Gasteiger charge is -2.33. The summed E-state index contributed by atoms with van der Waals surface area (Å²) in [5.74, 6) is -2.01. The molecular weight excluding hydrogens is 462 g/mol. The molecule has 35 heavy (non-hydrogen) atoms. The Balaban J connectivity index is 1.80. The molecule has 9 nitrogen and oxygen atoms in total. The highest BCUT2D eigenvalue weighted by atomic mass is 19.2. The van der Waals surface area contributed by atoms with E-state index >= 15 is 0 Å². The van der Waals surface area contributed by atoms with Gasteiger partial charge in [0, 0.05) is 30.7 Å². The summed E-state index contributed by atoms with van der Waals surface area (Å²) in [6.45, 7) is -1.17. The van der Waals surface area contributed by atoms with Crippen molar-refractivity contribution in [1.82, 2.24) is 15.2 Å². The zero-order valence-electron chi connectivity index (χ0n) is 18.9. The zero-order valence-corrected chi connectivity index (χ0v) is 18.9. The highest BCUT2D eigenvalue weighted by Crippen LogP contribution is 2.21. The molecule has 3 amide bonds. The Hall–Kier alpha value is -3.83. The van der Waals surface area contributed by atoms with Crippen molar-refractivity contribution in [2.24, 2.45) is 0 Å². The van der Waals surface area contributed by atoms with Gasteiger partial charge in [-0.2, -0.15) is 0 Å². The lowest BCUT2D eigenvalue weighted by atomic mass is 10.1. The van der Waals surface area contributed by atoms with E-state index in [4.69, 9.17) is 0 Å². The van der Waals surface area contributed by atoms with E-state index in [1.54, 1.807) is 18.2 Å². The van der Waals surface area contributed by atoms with Crippen molar-refractivity contribution in [3.63, 3.8) is 0 Å². The average Bonchev–Trinajstić information content (AvgIpc) is 2.86. The van der Waals surface area contributed by atoms with Crippen molar-refractivity contribution in [3.05, 3.63) is 71.9 Å². The third kappa shape index (κ3) is 6.40. The van der Waals surface area contributed by atoms with Crippen LogP contribution in [0.1, 0.15) is 12.0 Å². The van der Waals surface area contributed by atoms with Crippen LogP contribution in [0.3, 0.4) is 0 Å². The maximum Gasteiger partial charge on any atom is 0.413 e. The van der Waals surface area contributed by atoms with Gasteiger partial charge < -0.3 is 25.5 Å². The Morgan fingerprint density at radius 1 is 1.11 bits per heavy atom. The number of nitrogens with zero attached hydrogens (tertiary/aromatic N) is 3. The van der Waals surface area contributed by atoms with E-state index in [1.807, 2.05) is 12.1 Å². The minimum atomic E-state index is -1.33. The maximum atomic E-state index is 13.9. The number of aromatic nitrogens is 1. The van der Waals surface area contributed by atoms with E-state index in [-0.39, 0.29) is 30.9 Å². The largest absolute Gasteiger partial charge is 0.465 e. The molecule has 0 radical (unpaired) electrons. The van der Waals surface area contributed by atoms with Crippen LogP contribution in [0.25, 0.3) is 10.8 Å². The second-order valence-corrected chi connectivity index (χ2v) is 7.99. The standard InChI is InChI=1S/C24H26F2N4O5/c1-29(23(33)28-12-17-7-4-8-20(25)22(17)26)18(10-19(32)14-31)13-30(24(34)35)21-9-15-5-2-3-6-16(15)11-27-21/h2-9,11,18-19,31-32H,10,12-14H2,1H3,(H,28,33)(H,34,35)/t18-,19+/m0/s1. The van der Waals surface area contributed by atoms with Gasteiger partial charge in [0.1, 0.15) is 5.82 Å². The summed E-state index contributed by atoms with van der Waals surface area (Å²) < 4.78 is 27.3. The number of anilines is 1. The Morgan fingerprint density at radius 2 is 1.83 bits per heavy atom. The first-order valence-corrected chi connectivity index (χ1v) is 10.8. The number of amides is 3. The lowest BCUT2D eigenvalue weighted by molar-refractivity contribution is 0.0671. The Kier molecular flexibility index (Phi) is 8.50. The fraction of sp³-hybridized carbons (Fsp3) is 0.292. The first kappa shape index (κ1) is 25.8. The predicted octanol–water partition coefficient (Wildman–Crippen LogP) is 2.95. The summed E-state index contributed by atoms with van der Waals surface area (Å²) in [6, 6.07) is 10.9. The van der Waals surface area contributed by atoms with Crippen molar-refractivity contribution in [3.8, 4) is 0 Å². The van der Waals surface area contributed by atoms with Crippen molar-refractivity contribution in [1.29, 1.82) is 0 Å². The third-order valence-corrected chi connectivity index (χ3v) is 5.60. The molecule has 0 fully saturated rings. The summed E-state index contributed by atoms with van der Waals surface area (Å²) in [7, 11) is 1.37. The number of carbonyl (C=O) groups is 2. The van der Waals surface area contributed by atoms with Gasteiger partial charge in [0.15, 0.2) is 11.6 Å². The summed E-state index contributed by atoms with van der Waals surface area (Å²) >= 11 is 0. The lowest BCUT2D eigenvalue weighted by Crippen LogP contribution is -2.51. The highest BCUT2D eigenvalue weighted by molar-refractivity contribution is 5.90. The molecule has 0 spiro atoms. The van der Waals surface area contributed by atoms with Gasteiger partial charge in [-0.25, -0.2) is 23.4 Å². The predicted molar refractivity (Wildman–Crippen MR) is 125 cm³/mol. The molecule has 2 atom stereocenters. The van der Waals surface area contributed by atoms with E-state index in [0.717, 1.165) is 26.6 Å². The van der Waals surface area contributed by atoms with E-state index in [2.05, 4.69) is 10.3 Å². The van der Waals surface area contributed by atoms with Gasteiger partial charge in [-0.15, -0.1) is 0 Å². The van der Waals surface area contributed by atoms with Gasteiger partial charge in [0.05, 0.1) is 25.3 Å². The van der Waals surface area contributed by atoms with Gasteiger partial charge >= 0.3 is 12.1 Å². The number of carboxylic acid groups (broad SMARTS) is 1. The van der Waals surface area contributed by atoms with Crippen LogP contribution in [-0.4, -0.2) is 69.7 Å². The van der Waals surface area contributed by atoms with Crippen LogP contribution in [0.2, 0.25) is 0 Å². The number of nitrogens with one attached hydrogen (secondary N) is 1. The van der Waals surface area contributed by atoms with E-state index < -0.39 is 42.5 Å². The van der Waals surface area contributed by atoms with Crippen LogP contribution in [0.4, 0.5) is 24.2 Å². The summed E-state index contributed by atoms with van der Waals surface area (Å²) in [5.41, 5.74) is -0.0637. The molecule has 0 bridgehead atoms. The van der Waals surface area contributed by atoms with Crippen LogP contribution in [0.15, 0.2) is 54.7 Å². The molecular formula is C24H26F2N4O5. The number of carbonyl (C=O) groups excluding carboxylic acids is 1. The summed E-state index contributed by atoms with van der Waals surface area (Å²) in [6.07, 6.45) is -1.17. The van der Waals surface area contributed by atoms with Crippen molar-refractivity contribution < 1.29 is 33.7 Å². The number of hydrogen-bond donors (Lipinski definition) is 4. The third-order valence-electron chi connectivity index (χ3n) is 5.60. The maximum absolute atomic E-state index is 13.9. The molecule has 0 aliphatic carbocycles. The smallest absolute Gasteiger partial charge is 0.413 e.